The maximum atomic E-state index is 10.9. The summed E-state index contributed by atoms with van der Waals surface area (Å²) in [6.07, 6.45) is -1.80. The normalized spacial score (nSPS) is 28.7. The van der Waals surface area contributed by atoms with Gasteiger partial charge in [-0.1, -0.05) is 29.3 Å². The molecule has 0 radical (unpaired) electrons. The van der Waals surface area contributed by atoms with Crippen LogP contribution in [0.3, 0.4) is 0 Å². The number of aliphatic hydroxyl groups is 3. The van der Waals surface area contributed by atoms with E-state index >= 15 is 0 Å². The Bertz CT molecular complexity index is 1040. The van der Waals surface area contributed by atoms with E-state index in [1.54, 1.807) is 29.0 Å². The summed E-state index contributed by atoms with van der Waals surface area (Å²) >= 11 is 12.0. The van der Waals surface area contributed by atoms with Gasteiger partial charge in [0.1, 0.15) is 41.7 Å². The third-order valence-electron chi connectivity index (χ3n) is 5.12. The second kappa shape index (κ2) is 6.84. The number of anilines is 1. The second-order valence-corrected chi connectivity index (χ2v) is 7.77. The van der Waals surface area contributed by atoms with E-state index in [1.165, 1.54) is 19.3 Å². The molecule has 5 N–H and O–H groups in total. The van der Waals surface area contributed by atoms with Crippen LogP contribution in [0.1, 0.15) is 24.8 Å². The van der Waals surface area contributed by atoms with Crippen molar-refractivity contribution in [2.24, 2.45) is 0 Å². The predicted octanol–water partition coefficient (Wildman–Crippen LogP) is 2.06. The van der Waals surface area contributed by atoms with Crippen molar-refractivity contribution in [2.45, 2.75) is 37.1 Å². The van der Waals surface area contributed by atoms with Gasteiger partial charge < -0.3 is 30.4 Å². The number of hydrogen-bond acceptors (Lipinski definition) is 7. The number of benzene rings is 1. The highest BCUT2D eigenvalue weighted by Crippen LogP contribution is 2.44. The number of aliphatic hydroxyl groups excluding tert-OH is 2. The van der Waals surface area contributed by atoms with Gasteiger partial charge >= 0.3 is 0 Å². The number of nitrogens with zero attached hydrogens (tertiary/aromatic N) is 3. The topological polar surface area (TPSA) is 127 Å². The Morgan fingerprint density at radius 2 is 2.00 bits per heavy atom. The van der Waals surface area contributed by atoms with Crippen LogP contribution in [0.25, 0.3) is 11.0 Å². The van der Waals surface area contributed by atoms with Crippen LogP contribution in [-0.2, 0) is 4.74 Å². The first-order valence-corrected chi connectivity index (χ1v) is 9.23. The lowest BCUT2D eigenvalue weighted by molar-refractivity contribution is -0.115. The fraction of sp³-hybridized carbons (Fsp3) is 0.333. The lowest BCUT2D eigenvalue weighted by Gasteiger charge is -2.29. The first-order valence-electron chi connectivity index (χ1n) is 8.47. The van der Waals surface area contributed by atoms with Crippen LogP contribution in [0.15, 0.2) is 36.8 Å². The highest BCUT2D eigenvalue weighted by molar-refractivity contribution is 6.42. The van der Waals surface area contributed by atoms with Gasteiger partial charge in [-0.3, -0.25) is 0 Å². The lowest BCUT2D eigenvalue weighted by atomic mass is 9.88. The van der Waals surface area contributed by atoms with Crippen molar-refractivity contribution in [3.63, 3.8) is 0 Å². The maximum absolute atomic E-state index is 10.9. The van der Waals surface area contributed by atoms with E-state index in [1.807, 2.05) is 0 Å². The summed E-state index contributed by atoms with van der Waals surface area (Å²) in [6, 6.07) is 6.31. The molecule has 1 fully saturated rings. The molecule has 28 heavy (non-hydrogen) atoms. The van der Waals surface area contributed by atoms with Gasteiger partial charge in [0.05, 0.1) is 15.4 Å². The van der Waals surface area contributed by atoms with Gasteiger partial charge in [-0.25, -0.2) is 9.97 Å². The van der Waals surface area contributed by atoms with E-state index in [0.29, 0.717) is 21.6 Å². The van der Waals surface area contributed by atoms with Gasteiger partial charge in [0, 0.05) is 6.20 Å². The molecule has 5 atom stereocenters. The van der Waals surface area contributed by atoms with Gasteiger partial charge in [-0.05, 0) is 30.7 Å². The number of nitrogens with two attached hydrogens (primary N) is 1. The summed E-state index contributed by atoms with van der Waals surface area (Å²) in [5, 5.41) is 33.7. The number of ether oxygens (including phenoxy) is 1. The smallest absolute Gasteiger partial charge is 0.164 e. The third kappa shape index (κ3) is 2.93. The fourth-order valence-electron chi connectivity index (χ4n) is 3.50. The van der Waals surface area contributed by atoms with Crippen molar-refractivity contribution in [2.75, 3.05) is 5.73 Å². The average molecular weight is 425 g/mol. The summed E-state index contributed by atoms with van der Waals surface area (Å²) in [6.45, 7) is 1.40. The molecule has 148 valence electrons. The quantitative estimate of drug-likeness (QED) is 0.506. The Morgan fingerprint density at radius 3 is 2.71 bits per heavy atom. The monoisotopic (exact) mass is 424 g/mol. The molecular formula is C18H18Cl2N4O4. The zero-order chi connectivity index (χ0) is 20.2. The van der Waals surface area contributed by atoms with Crippen LogP contribution in [0, 0.1) is 0 Å². The minimum atomic E-state index is -1.76. The van der Waals surface area contributed by atoms with Gasteiger partial charge in [-0.15, -0.1) is 0 Å². The first kappa shape index (κ1) is 19.4. The van der Waals surface area contributed by atoms with Crippen LogP contribution < -0.4 is 5.73 Å². The summed E-state index contributed by atoms with van der Waals surface area (Å²) in [5.41, 5.74) is 4.94. The third-order valence-corrected chi connectivity index (χ3v) is 5.86. The summed E-state index contributed by atoms with van der Waals surface area (Å²) in [5.74, 6) is 0.287. The maximum Gasteiger partial charge on any atom is 0.164 e. The molecule has 1 aliphatic rings. The SMILES string of the molecule is C[C@@]1(O)[C@@H](C(O)c2ccc(Cl)c(Cl)c2)O[C@@H](n2ccc3c(N)ncnc32)[C@@H]1O. The molecule has 1 aromatic carbocycles. The lowest BCUT2D eigenvalue weighted by Crippen LogP contribution is -2.47. The zero-order valence-corrected chi connectivity index (χ0v) is 16.2. The minimum absolute atomic E-state index is 0.261. The van der Waals surface area contributed by atoms with E-state index in [4.69, 9.17) is 33.7 Å². The van der Waals surface area contributed by atoms with Crippen LogP contribution >= 0.6 is 23.2 Å². The molecule has 3 aromatic rings. The van der Waals surface area contributed by atoms with Crippen molar-refractivity contribution in [3.05, 3.63) is 52.4 Å². The van der Waals surface area contributed by atoms with Crippen molar-refractivity contribution >= 4 is 40.1 Å². The zero-order valence-electron chi connectivity index (χ0n) is 14.7. The largest absolute Gasteiger partial charge is 0.386 e. The van der Waals surface area contributed by atoms with Gasteiger partial charge in [-0.2, -0.15) is 0 Å². The molecule has 0 saturated carbocycles. The molecule has 0 spiro atoms. The molecule has 2 aromatic heterocycles. The number of halogens is 2. The standard InChI is InChI=1S/C18H18Cl2N4O4/c1-18(27)13(26)17(24-5-4-9-15(21)22-7-23-16(9)24)28-14(18)12(25)8-2-3-10(19)11(20)6-8/h2-7,12-14,17,25-27H,1H3,(H2,21,22,23)/t12?,13-,14+,17+,18-/m0/s1. The number of fused-ring (bicyclic) bond motifs is 1. The van der Waals surface area contributed by atoms with E-state index in [2.05, 4.69) is 9.97 Å². The van der Waals surface area contributed by atoms with Crippen LogP contribution in [-0.4, -0.2) is 47.7 Å². The molecule has 1 saturated heterocycles. The molecule has 3 heterocycles. The summed E-state index contributed by atoms with van der Waals surface area (Å²) < 4.78 is 7.45. The van der Waals surface area contributed by atoms with E-state index in [0.717, 1.165) is 0 Å². The molecule has 0 bridgehead atoms. The number of rotatable bonds is 3. The molecule has 10 heteroatoms. The summed E-state index contributed by atoms with van der Waals surface area (Å²) in [4.78, 5) is 8.11. The van der Waals surface area contributed by atoms with Gasteiger partial charge in [0.2, 0.25) is 0 Å². The van der Waals surface area contributed by atoms with Crippen molar-refractivity contribution < 1.29 is 20.1 Å². The molecule has 4 rings (SSSR count). The highest BCUT2D eigenvalue weighted by atomic mass is 35.5. The molecular weight excluding hydrogens is 407 g/mol. The summed E-state index contributed by atoms with van der Waals surface area (Å²) in [7, 11) is 0. The Morgan fingerprint density at radius 1 is 1.25 bits per heavy atom. The molecule has 8 nitrogen and oxygen atoms in total. The number of hydrogen-bond donors (Lipinski definition) is 4. The Kier molecular flexibility index (Phi) is 4.73. The molecule has 1 aliphatic heterocycles. The number of aromatic nitrogens is 3. The fourth-order valence-corrected chi connectivity index (χ4v) is 3.80. The minimum Gasteiger partial charge on any atom is -0.386 e. The van der Waals surface area contributed by atoms with E-state index in [9.17, 15) is 15.3 Å². The molecule has 0 amide bonds. The highest BCUT2D eigenvalue weighted by Gasteiger charge is 2.55. The second-order valence-electron chi connectivity index (χ2n) is 6.96. The van der Waals surface area contributed by atoms with Crippen LogP contribution in [0.4, 0.5) is 5.82 Å². The average Bonchev–Trinajstić information content (AvgIpc) is 3.17. The number of nitrogen functional groups attached to an aromatic ring is 1. The van der Waals surface area contributed by atoms with Crippen molar-refractivity contribution in [3.8, 4) is 0 Å². The van der Waals surface area contributed by atoms with Crippen LogP contribution in [0.5, 0.6) is 0 Å². The van der Waals surface area contributed by atoms with Gasteiger partial charge in [0.15, 0.2) is 6.23 Å². The Balaban J connectivity index is 1.71. The van der Waals surface area contributed by atoms with E-state index in [-0.39, 0.29) is 10.8 Å². The van der Waals surface area contributed by atoms with Crippen LogP contribution in [0.2, 0.25) is 10.0 Å². The predicted molar refractivity (Wildman–Crippen MR) is 104 cm³/mol. The Labute approximate surface area is 170 Å². The van der Waals surface area contributed by atoms with Gasteiger partial charge in [0.25, 0.3) is 0 Å². The molecule has 0 aliphatic carbocycles. The first-order chi connectivity index (χ1) is 13.2. The van der Waals surface area contributed by atoms with E-state index < -0.39 is 30.1 Å². The molecule has 1 unspecified atom stereocenters. The Hall–Kier alpha value is -1.94. The van der Waals surface area contributed by atoms with Crippen molar-refractivity contribution in [1.29, 1.82) is 0 Å². The van der Waals surface area contributed by atoms with Crippen molar-refractivity contribution in [1.82, 2.24) is 14.5 Å².